The van der Waals surface area contributed by atoms with Gasteiger partial charge in [0, 0.05) is 0 Å². The summed E-state index contributed by atoms with van der Waals surface area (Å²) in [5, 5.41) is 7.44. The number of halogens is 2. The number of carbonyl (C=O) groups is 2. The van der Waals surface area contributed by atoms with Gasteiger partial charge in [-0.25, -0.2) is 0 Å². The molecule has 0 fully saturated rings. The standard InChI is InChI=1S/2C8H9NO.2BrH.Zr/c2*1-7(10)9-8-5-3-2-4-6-8;;;/h2*2-6H,1H3,(H,9,10);2*1H;/q;;;;+4/p-4. The molecule has 0 aliphatic carbocycles. The Morgan fingerprint density at radius 2 is 0.913 bits per heavy atom. The Morgan fingerprint density at radius 1 is 0.652 bits per heavy atom. The second-order valence-electron chi connectivity index (χ2n) is 3.93. The molecule has 0 spiro atoms. The van der Waals surface area contributed by atoms with Crippen molar-refractivity contribution in [1.29, 1.82) is 0 Å². The first kappa shape index (κ1) is 27.1. The van der Waals surface area contributed by atoms with Gasteiger partial charge in [-0.1, -0.05) is 60.7 Å². The molecule has 2 aromatic rings. The van der Waals surface area contributed by atoms with E-state index >= 15 is 0 Å². The Kier molecular flexibility index (Phi) is 19.0. The van der Waals surface area contributed by atoms with Crippen LogP contribution >= 0.6 is 0 Å². The average molecular weight is 519 g/mol. The van der Waals surface area contributed by atoms with Crippen molar-refractivity contribution in [1.82, 2.24) is 0 Å². The van der Waals surface area contributed by atoms with Crippen LogP contribution in [0.4, 0.5) is 11.4 Å². The fourth-order valence-corrected chi connectivity index (χ4v) is 1.37. The van der Waals surface area contributed by atoms with Crippen LogP contribution in [0.3, 0.4) is 0 Å². The Bertz CT molecular complexity index is 503. The predicted molar refractivity (Wildman–Crippen MR) is 80.3 cm³/mol. The maximum absolute atomic E-state index is 10.4. The zero-order chi connectivity index (χ0) is 14.8. The molecule has 4 nitrogen and oxygen atoms in total. The number of para-hydroxylation sites is 2. The molecule has 2 amide bonds. The number of amides is 2. The van der Waals surface area contributed by atoms with Crippen molar-refractivity contribution in [2.45, 2.75) is 13.8 Å². The molecule has 0 atom stereocenters. The predicted octanol–water partition coefficient (Wildman–Crippen LogP) is -1.52. The number of hydrogen-bond donors (Lipinski definition) is 0. The molecule has 0 aliphatic heterocycles. The van der Waals surface area contributed by atoms with Gasteiger partial charge in [0.2, 0.25) is 0 Å². The number of rotatable bonds is 2. The van der Waals surface area contributed by atoms with E-state index in [9.17, 15) is 9.59 Å². The van der Waals surface area contributed by atoms with Gasteiger partial charge in [-0.05, 0) is 13.8 Å². The Labute approximate surface area is 177 Å². The van der Waals surface area contributed by atoms with Gasteiger partial charge in [-0.15, -0.1) is 11.4 Å². The van der Waals surface area contributed by atoms with Crippen LogP contribution in [0.2, 0.25) is 0 Å². The summed E-state index contributed by atoms with van der Waals surface area (Å²) < 4.78 is 0. The van der Waals surface area contributed by atoms with E-state index in [1.807, 2.05) is 36.4 Å². The summed E-state index contributed by atoms with van der Waals surface area (Å²) in [7, 11) is 0. The normalized spacial score (nSPS) is 7.74. The first-order valence-electron chi connectivity index (χ1n) is 6.12. The minimum Gasteiger partial charge on any atom is -1.00 e. The van der Waals surface area contributed by atoms with Crippen molar-refractivity contribution in [2.24, 2.45) is 0 Å². The molecule has 0 saturated carbocycles. The quantitative estimate of drug-likeness (QED) is 0.485. The summed E-state index contributed by atoms with van der Waals surface area (Å²) in [6.07, 6.45) is 0. The van der Waals surface area contributed by atoms with Crippen LogP contribution in [0, 0.1) is 0 Å². The smallest absolute Gasteiger partial charge is 1.00 e. The molecule has 2 aromatic carbocycles. The molecular formula is C16H16Br2N2O2Zr. The van der Waals surface area contributed by atoms with Crippen LogP contribution in [0.5, 0.6) is 0 Å². The molecule has 0 saturated heterocycles. The largest absolute Gasteiger partial charge is 4.00 e. The second kappa shape index (κ2) is 16.1. The summed E-state index contributed by atoms with van der Waals surface area (Å²) >= 11 is 0. The first-order valence-corrected chi connectivity index (χ1v) is 6.12. The van der Waals surface area contributed by atoms with Crippen LogP contribution in [0.1, 0.15) is 13.8 Å². The third-order valence-corrected chi connectivity index (χ3v) is 2.09. The van der Waals surface area contributed by atoms with E-state index in [0.29, 0.717) is 0 Å². The van der Waals surface area contributed by atoms with Gasteiger partial charge in [-0.2, -0.15) is 0 Å². The Hall–Kier alpha value is -0.777. The maximum atomic E-state index is 10.4. The van der Waals surface area contributed by atoms with Crippen LogP contribution in [0.15, 0.2) is 60.7 Å². The SMILES string of the molecule is CC(=O)[N-]c1ccccc1.CC(=O)[N-]c1ccccc1.[Br-].[Br-].[Zr+4]. The van der Waals surface area contributed by atoms with E-state index in [-0.39, 0.29) is 72.0 Å². The molecule has 0 N–H and O–H groups in total. The van der Waals surface area contributed by atoms with Crippen LogP contribution < -0.4 is 34.0 Å². The summed E-state index contributed by atoms with van der Waals surface area (Å²) in [4.78, 5) is 20.9. The van der Waals surface area contributed by atoms with Crippen molar-refractivity contribution < 1.29 is 69.8 Å². The number of nitrogens with zero attached hydrogens (tertiary/aromatic N) is 2. The molecule has 0 aromatic heterocycles. The molecule has 7 heteroatoms. The minimum absolute atomic E-state index is 0. The first-order chi connectivity index (χ1) is 9.58. The van der Waals surface area contributed by atoms with Crippen LogP contribution in [-0.4, -0.2) is 11.8 Å². The van der Waals surface area contributed by atoms with Crippen LogP contribution in [0.25, 0.3) is 10.6 Å². The fraction of sp³-hybridized carbons (Fsp3) is 0.125. The molecule has 23 heavy (non-hydrogen) atoms. The number of carbonyl (C=O) groups excluding carboxylic acids is 2. The average Bonchev–Trinajstić information content (AvgIpc) is 2.40. The summed E-state index contributed by atoms with van der Waals surface area (Å²) in [5.41, 5.74) is 1.44. The van der Waals surface area contributed by atoms with Gasteiger partial charge in [0.15, 0.2) is 0 Å². The minimum atomic E-state index is -0.161. The van der Waals surface area contributed by atoms with E-state index in [2.05, 4.69) is 10.6 Å². The van der Waals surface area contributed by atoms with Gasteiger partial charge in [-0.3, -0.25) is 0 Å². The van der Waals surface area contributed by atoms with E-state index in [1.165, 1.54) is 13.8 Å². The Balaban J connectivity index is -0.000000308. The molecule has 0 bridgehead atoms. The molecule has 0 aliphatic rings. The van der Waals surface area contributed by atoms with Gasteiger partial charge >= 0.3 is 26.2 Å². The van der Waals surface area contributed by atoms with E-state index in [4.69, 9.17) is 0 Å². The number of hydrogen-bond acceptors (Lipinski definition) is 2. The number of benzene rings is 2. The van der Waals surface area contributed by atoms with Crippen LogP contribution in [-0.2, 0) is 35.8 Å². The molecule has 0 unspecified atom stereocenters. The second-order valence-corrected chi connectivity index (χ2v) is 3.93. The fourth-order valence-electron chi connectivity index (χ4n) is 1.37. The van der Waals surface area contributed by atoms with Crippen molar-refractivity contribution in [3.63, 3.8) is 0 Å². The molecule has 0 heterocycles. The Morgan fingerprint density at radius 3 is 1.13 bits per heavy atom. The van der Waals surface area contributed by atoms with Gasteiger partial charge < -0.3 is 54.2 Å². The molecule has 120 valence electrons. The van der Waals surface area contributed by atoms with Crippen molar-refractivity contribution >= 4 is 23.2 Å². The van der Waals surface area contributed by atoms with Crippen molar-refractivity contribution in [3.05, 3.63) is 71.3 Å². The third kappa shape index (κ3) is 14.5. The summed E-state index contributed by atoms with van der Waals surface area (Å²) in [6, 6.07) is 18.3. The summed E-state index contributed by atoms with van der Waals surface area (Å²) in [6.45, 7) is 2.88. The third-order valence-electron chi connectivity index (χ3n) is 2.09. The van der Waals surface area contributed by atoms with Gasteiger partial charge in [0.25, 0.3) is 0 Å². The van der Waals surface area contributed by atoms with E-state index < -0.39 is 0 Å². The summed E-state index contributed by atoms with van der Waals surface area (Å²) in [5.74, 6) is -0.322. The van der Waals surface area contributed by atoms with E-state index in [0.717, 1.165) is 11.4 Å². The van der Waals surface area contributed by atoms with Gasteiger partial charge in [0.1, 0.15) is 0 Å². The van der Waals surface area contributed by atoms with Gasteiger partial charge in [0.05, 0.1) is 11.8 Å². The maximum Gasteiger partial charge on any atom is 4.00 e. The van der Waals surface area contributed by atoms with Crippen molar-refractivity contribution in [2.75, 3.05) is 0 Å². The topological polar surface area (TPSA) is 62.3 Å². The zero-order valence-corrected chi connectivity index (χ0v) is 18.4. The zero-order valence-electron chi connectivity index (χ0n) is 12.7. The van der Waals surface area contributed by atoms with E-state index in [1.54, 1.807) is 24.3 Å². The molecular weight excluding hydrogens is 503 g/mol. The van der Waals surface area contributed by atoms with Crippen molar-refractivity contribution in [3.8, 4) is 0 Å². The molecule has 0 radical (unpaired) electrons. The monoisotopic (exact) mass is 516 g/mol. The molecule has 2 rings (SSSR count).